The third-order valence-electron chi connectivity index (χ3n) is 5.35. The second kappa shape index (κ2) is 14.8. The minimum Gasteiger partial charge on any atom is -0.379 e. The van der Waals surface area contributed by atoms with Crippen LogP contribution >= 0.6 is 0 Å². The first kappa shape index (κ1) is 23.9. The highest BCUT2D eigenvalue weighted by molar-refractivity contribution is 4.79. The van der Waals surface area contributed by atoms with Crippen LogP contribution in [0.25, 0.3) is 0 Å². The Bertz CT molecular complexity index is 311. The Morgan fingerprint density at radius 3 is 2.08 bits per heavy atom. The minimum atomic E-state index is -0.424. The lowest BCUT2D eigenvalue weighted by Crippen LogP contribution is -2.43. The minimum absolute atomic E-state index is 0.357. The molecule has 0 radical (unpaired) electrons. The number of ether oxygens (including phenoxy) is 4. The summed E-state index contributed by atoms with van der Waals surface area (Å²) in [6.45, 7) is 12.4. The van der Waals surface area contributed by atoms with Crippen LogP contribution in [0.4, 0.5) is 0 Å². The molecule has 0 N–H and O–H groups in total. The van der Waals surface area contributed by atoms with Crippen molar-refractivity contribution in [3.8, 4) is 0 Å². The smallest absolute Gasteiger partial charge is 0.170 e. The van der Waals surface area contributed by atoms with Crippen molar-refractivity contribution in [1.29, 1.82) is 0 Å². The molecule has 1 fully saturated rings. The van der Waals surface area contributed by atoms with Crippen molar-refractivity contribution >= 4 is 0 Å². The summed E-state index contributed by atoms with van der Waals surface area (Å²) in [5.74, 6) is 0.0198. The van der Waals surface area contributed by atoms with Gasteiger partial charge >= 0.3 is 0 Å². The largest absolute Gasteiger partial charge is 0.379 e. The molecule has 0 aliphatic carbocycles. The van der Waals surface area contributed by atoms with E-state index in [9.17, 15) is 0 Å². The highest BCUT2D eigenvalue weighted by Crippen LogP contribution is 2.35. The van der Waals surface area contributed by atoms with E-state index in [0.717, 1.165) is 39.1 Å². The van der Waals surface area contributed by atoms with Gasteiger partial charge in [-0.25, -0.2) is 0 Å². The number of unbranched alkanes of at least 4 members (excludes halogenated alkanes) is 5. The fraction of sp³-hybridized carbons (Fsp3) is 1.00. The van der Waals surface area contributed by atoms with Gasteiger partial charge in [-0.05, 0) is 39.5 Å². The van der Waals surface area contributed by atoms with E-state index in [0.29, 0.717) is 25.2 Å². The molecule has 4 heteroatoms. The first-order valence-corrected chi connectivity index (χ1v) is 11.2. The Hall–Kier alpha value is -0.160. The molecule has 1 heterocycles. The molecule has 0 amide bonds. The molecule has 0 aromatic rings. The maximum absolute atomic E-state index is 6.20. The summed E-state index contributed by atoms with van der Waals surface area (Å²) in [6, 6.07) is 0. The van der Waals surface area contributed by atoms with Crippen LogP contribution in [0.1, 0.15) is 91.9 Å². The quantitative estimate of drug-likeness (QED) is 0.165. The zero-order valence-electron chi connectivity index (χ0n) is 17.9. The van der Waals surface area contributed by atoms with Gasteiger partial charge in [0.1, 0.15) is 6.10 Å². The zero-order chi connectivity index (χ0) is 19.1. The highest BCUT2D eigenvalue weighted by atomic mass is 16.7. The molecule has 26 heavy (non-hydrogen) atoms. The van der Waals surface area contributed by atoms with E-state index in [4.69, 9.17) is 18.9 Å². The molecule has 0 aromatic carbocycles. The lowest BCUT2D eigenvalue weighted by molar-refractivity contribution is -0.268. The lowest BCUT2D eigenvalue weighted by Gasteiger charge is -2.40. The molecule has 156 valence electrons. The monoisotopic (exact) mass is 372 g/mol. The second-order valence-corrected chi connectivity index (χ2v) is 7.46. The number of rotatable bonds is 19. The Morgan fingerprint density at radius 1 is 0.885 bits per heavy atom. The van der Waals surface area contributed by atoms with Crippen LogP contribution in [-0.4, -0.2) is 44.9 Å². The van der Waals surface area contributed by atoms with Gasteiger partial charge in [-0.2, -0.15) is 0 Å². The highest BCUT2D eigenvalue weighted by Gasteiger charge is 2.38. The van der Waals surface area contributed by atoms with E-state index in [1.807, 2.05) is 0 Å². The normalized spacial score (nSPS) is 18.2. The summed E-state index contributed by atoms with van der Waals surface area (Å²) in [5, 5.41) is 0. The topological polar surface area (TPSA) is 40.2 Å². The zero-order valence-corrected chi connectivity index (χ0v) is 17.9. The van der Waals surface area contributed by atoms with E-state index < -0.39 is 5.79 Å². The maximum atomic E-state index is 6.20. The molecule has 2 unspecified atom stereocenters. The van der Waals surface area contributed by atoms with Crippen LogP contribution in [0.2, 0.25) is 0 Å². The van der Waals surface area contributed by atoms with Gasteiger partial charge in [0.2, 0.25) is 0 Å². The molecule has 0 aromatic heterocycles. The fourth-order valence-corrected chi connectivity index (χ4v) is 3.82. The average Bonchev–Trinajstić information content (AvgIpc) is 3.46. The van der Waals surface area contributed by atoms with Crippen LogP contribution < -0.4 is 0 Å². The predicted octanol–water partition coefficient (Wildman–Crippen LogP) is 5.73. The average molecular weight is 373 g/mol. The molecule has 1 aliphatic heterocycles. The molecular formula is C22H44O4. The van der Waals surface area contributed by atoms with Crippen molar-refractivity contribution in [2.45, 2.75) is 104 Å². The second-order valence-electron chi connectivity index (χ2n) is 7.46. The Kier molecular flexibility index (Phi) is 13.6. The van der Waals surface area contributed by atoms with Crippen molar-refractivity contribution in [2.24, 2.45) is 5.92 Å². The number of epoxide rings is 1. The van der Waals surface area contributed by atoms with E-state index in [1.54, 1.807) is 0 Å². The summed E-state index contributed by atoms with van der Waals surface area (Å²) in [4.78, 5) is 0. The molecule has 1 saturated heterocycles. The van der Waals surface area contributed by atoms with Crippen LogP contribution in [0, 0.1) is 5.92 Å². The van der Waals surface area contributed by atoms with Crippen LogP contribution in [-0.2, 0) is 18.9 Å². The van der Waals surface area contributed by atoms with Crippen LogP contribution in [0.3, 0.4) is 0 Å². The van der Waals surface area contributed by atoms with Gasteiger partial charge < -0.3 is 18.9 Å². The summed E-state index contributed by atoms with van der Waals surface area (Å²) in [7, 11) is 0. The first-order chi connectivity index (χ1) is 12.7. The Labute approximate surface area is 162 Å². The van der Waals surface area contributed by atoms with E-state index in [2.05, 4.69) is 27.7 Å². The van der Waals surface area contributed by atoms with E-state index in [1.165, 1.54) is 44.9 Å². The SMILES string of the molecule is CCCCCCCCC(CCCOCC1CO1)C(CC)(OCC)OCC. The Balaban J connectivity index is 2.46. The maximum Gasteiger partial charge on any atom is 0.170 e. The van der Waals surface area contributed by atoms with Gasteiger partial charge in [-0.1, -0.05) is 52.4 Å². The van der Waals surface area contributed by atoms with Crippen molar-refractivity contribution < 1.29 is 18.9 Å². The molecule has 2 atom stereocenters. The first-order valence-electron chi connectivity index (χ1n) is 11.2. The molecular weight excluding hydrogens is 328 g/mol. The molecule has 0 saturated carbocycles. The summed E-state index contributed by atoms with van der Waals surface area (Å²) in [5.41, 5.74) is 0. The van der Waals surface area contributed by atoms with E-state index in [-0.39, 0.29) is 0 Å². The lowest BCUT2D eigenvalue weighted by atomic mass is 9.86. The van der Waals surface area contributed by atoms with Crippen molar-refractivity contribution in [2.75, 3.05) is 33.0 Å². The molecule has 1 rings (SSSR count). The van der Waals surface area contributed by atoms with Crippen molar-refractivity contribution in [3.05, 3.63) is 0 Å². The van der Waals surface area contributed by atoms with Gasteiger partial charge in [0.25, 0.3) is 0 Å². The number of hydrogen-bond acceptors (Lipinski definition) is 4. The third kappa shape index (κ3) is 9.68. The van der Waals surface area contributed by atoms with E-state index >= 15 is 0 Å². The molecule has 4 nitrogen and oxygen atoms in total. The van der Waals surface area contributed by atoms with Crippen molar-refractivity contribution in [1.82, 2.24) is 0 Å². The van der Waals surface area contributed by atoms with Gasteiger partial charge in [0.05, 0.1) is 13.2 Å². The fourth-order valence-electron chi connectivity index (χ4n) is 3.82. The Morgan fingerprint density at radius 2 is 1.50 bits per heavy atom. The van der Waals surface area contributed by atoms with Crippen molar-refractivity contribution in [3.63, 3.8) is 0 Å². The summed E-state index contributed by atoms with van der Waals surface area (Å²) >= 11 is 0. The van der Waals surface area contributed by atoms with Gasteiger partial charge in [0, 0.05) is 25.7 Å². The van der Waals surface area contributed by atoms with Gasteiger partial charge in [-0.15, -0.1) is 0 Å². The molecule has 0 spiro atoms. The van der Waals surface area contributed by atoms with Gasteiger partial charge in [0.15, 0.2) is 5.79 Å². The summed E-state index contributed by atoms with van der Waals surface area (Å²) in [6.07, 6.45) is 12.6. The van der Waals surface area contributed by atoms with Crippen LogP contribution in [0.5, 0.6) is 0 Å². The number of hydrogen-bond donors (Lipinski definition) is 0. The molecule has 0 bridgehead atoms. The summed E-state index contributed by atoms with van der Waals surface area (Å²) < 4.78 is 23.3. The standard InChI is InChI=1S/C22H44O4/c1-5-9-10-11-12-13-15-20(16-14-17-23-18-21-19-24-21)22(6-2,25-7-3)26-8-4/h20-21H,5-19H2,1-4H3. The van der Waals surface area contributed by atoms with Crippen LogP contribution in [0.15, 0.2) is 0 Å². The van der Waals surface area contributed by atoms with Gasteiger partial charge in [-0.3, -0.25) is 0 Å². The predicted molar refractivity (Wildman–Crippen MR) is 108 cm³/mol. The third-order valence-corrected chi connectivity index (χ3v) is 5.35. The molecule has 1 aliphatic rings.